The van der Waals surface area contributed by atoms with Crippen LogP contribution in [-0.2, 0) is 16.4 Å². The summed E-state index contributed by atoms with van der Waals surface area (Å²) in [5, 5.41) is 7.77. The van der Waals surface area contributed by atoms with E-state index in [1.165, 1.54) is 31.9 Å². The lowest BCUT2D eigenvalue weighted by atomic mass is 10.3. The van der Waals surface area contributed by atoms with Gasteiger partial charge >= 0.3 is 0 Å². The number of nitrogens with zero attached hydrogens (tertiary/aromatic N) is 2. The predicted molar refractivity (Wildman–Crippen MR) is 75.7 cm³/mol. The van der Waals surface area contributed by atoms with Gasteiger partial charge in [0.1, 0.15) is 9.84 Å². The maximum Gasteiger partial charge on any atom is 0.148 e. The summed E-state index contributed by atoms with van der Waals surface area (Å²) in [4.78, 5) is 0. The molecule has 0 amide bonds. The van der Waals surface area contributed by atoms with Crippen molar-refractivity contribution in [2.24, 2.45) is 0 Å². The molecule has 1 aromatic heterocycles. The van der Waals surface area contributed by atoms with E-state index in [2.05, 4.69) is 15.1 Å². The first kappa shape index (κ1) is 14.5. The quantitative estimate of drug-likeness (QED) is 0.861. The normalized spacial score (nSPS) is 18.8. The van der Waals surface area contributed by atoms with Crippen LogP contribution >= 0.6 is 0 Å². The summed E-state index contributed by atoms with van der Waals surface area (Å²) in [6.45, 7) is 2.51. The van der Waals surface area contributed by atoms with Gasteiger partial charge in [0.25, 0.3) is 0 Å². The van der Waals surface area contributed by atoms with Crippen molar-refractivity contribution in [3.8, 4) is 0 Å². The molecular formula is C13H23N3O2S. The fourth-order valence-electron chi connectivity index (χ4n) is 2.64. The van der Waals surface area contributed by atoms with Gasteiger partial charge in [-0.05, 0) is 25.8 Å². The minimum Gasteiger partial charge on any atom is -0.308 e. The molecule has 0 bridgehead atoms. The van der Waals surface area contributed by atoms with Crippen LogP contribution in [0.2, 0.25) is 0 Å². The number of sulfone groups is 1. The molecule has 1 N–H and O–H groups in total. The maximum atomic E-state index is 11.2. The van der Waals surface area contributed by atoms with Gasteiger partial charge in [-0.2, -0.15) is 5.10 Å². The molecule has 1 heterocycles. The van der Waals surface area contributed by atoms with E-state index in [1.54, 1.807) is 0 Å². The topological polar surface area (TPSA) is 64.0 Å². The monoisotopic (exact) mass is 285 g/mol. The zero-order valence-corrected chi connectivity index (χ0v) is 12.5. The van der Waals surface area contributed by atoms with Gasteiger partial charge in [0.15, 0.2) is 0 Å². The number of aromatic nitrogens is 2. The molecular weight excluding hydrogens is 262 g/mol. The second kappa shape index (κ2) is 6.05. The van der Waals surface area contributed by atoms with Crippen molar-refractivity contribution in [3.63, 3.8) is 0 Å². The Morgan fingerprint density at radius 1 is 1.47 bits per heavy atom. The van der Waals surface area contributed by atoms with Crippen molar-refractivity contribution in [1.29, 1.82) is 0 Å². The van der Waals surface area contributed by atoms with Crippen molar-refractivity contribution >= 4 is 9.84 Å². The Morgan fingerprint density at radius 3 is 2.79 bits per heavy atom. The van der Waals surface area contributed by atoms with Crippen molar-refractivity contribution < 1.29 is 8.42 Å². The smallest absolute Gasteiger partial charge is 0.148 e. The van der Waals surface area contributed by atoms with Crippen molar-refractivity contribution in [2.45, 2.75) is 51.2 Å². The first-order valence-electron chi connectivity index (χ1n) is 6.89. The highest BCUT2D eigenvalue weighted by Gasteiger charge is 2.17. The van der Waals surface area contributed by atoms with Gasteiger partial charge in [0.05, 0.1) is 17.5 Å². The van der Waals surface area contributed by atoms with Gasteiger partial charge in [-0.1, -0.05) is 12.8 Å². The molecule has 0 aliphatic heterocycles. The zero-order chi connectivity index (χ0) is 13.9. The molecule has 108 valence electrons. The zero-order valence-electron chi connectivity index (χ0n) is 11.7. The molecule has 19 heavy (non-hydrogen) atoms. The minimum atomic E-state index is -2.92. The first-order chi connectivity index (χ1) is 8.94. The second-order valence-corrected chi connectivity index (χ2v) is 7.78. The molecule has 1 aromatic rings. The van der Waals surface area contributed by atoms with Gasteiger partial charge < -0.3 is 5.32 Å². The van der Waals surface area contributed by atoms with Crippen LogP contribution in [0, 0.1) is 0 Å². The molecule has 5 nitrogen and oxygen atoms in total. The minimum absolute atomic E-state index is 0.0494. The predicted octanol–water partition coefficient (Wildman–Crippen LogP) is 1.52. The molecule has 1 fully saturated rings. The third-order valence-corrected chi connectivity index (χ3v) is 4.65. The number of hydrogen-bond acceptors (Lipinski definition) is 4. The molecule has 0 saturated heterocycles. The Hall–Kier alpha value is -0.880. The van der Waals surface area contributed by atoms with Gasteiger partial charge in [-0.3, -0.25) is 4.68 Å². The summed E-state index contributed by atoms with van der Waals surface area (Å²) >= 11 is 0. The summed E-state index contributed by atoms with van der Waals surface area (Å²) in [5.41, 5.74) is 0.979. The summed E-state index contributed by atoms with van der Waals surface area (Å²) in [6, 6.07) is 2.52. The van der Waals surface area contributed by atoms with Crippen LogP contribution in [-0.4, -0.2) is 36.2 Å². The summed E-state index contributed by atoms with van der Waals surface area (Å²) in [5.74, 6) is 0.163. The van der Waals surface area contributed by atoms with E-state index in [0.717, 1.165) is 5.69 Å². The Labute approximate surface area is 115 Å². The maximum absolute atomic E-state index is 11.2. The van der Waals surface area contributed by atoms with Crippen LogP contribution < -0.4 is 5.32 Å². The standard InChI is InChI=1S/C13H23N3O2S/c1-11(10-19(2,17)18)14-9-12-7-8-16(15-12)13-5-3-4-6-13/h7-8,11,13-14H,3-6,9-10H2,1-2H3. The summed E-state index contributed by atoms with van der Waals surface area (Å²) in [6.07, 6.45) is 8.33. The van der Waals surface area contributed by atoms with Gasteiger partial charge in [-0.25, -0.2) is 8.42 Å². The van der Waals surface area contributed by atoms with Gasteiger partial charge in [0, 0.05) is 25.0 Å². The molecule has 0 spiro atoms. The largest absolute Gasteiger partial charge is 0.308 e. The summed E-state index contributed by atoms with van der Waals surface area (Å²) in [7, 11) is -2.92. The molecule has 1 saturated carbocycles. The number of nitrogens with one attached hydrogen (secondary N) is 1. The van der Waals surface area contributed by atoms with Crippen LogP contribution in [0.3, 0.4) is 0 Å². The number of hydrogen-bond donors (Lipinski definition) is 1. The molecule has 1 unspecified atom stereocenters. The lowest BCUT2D eigenvalue weighted by Crippen LogP contribution is -2.32. The average molecular weight is 285 g/mol. The van der Waals surface area contributed by atoms with Gasteiger partial charge in [0.2, 0.25) is 0 Å². The SMILES string of the molecule is CC(CS(C)(=O)=O)NCc1ccn(C2CCCC2)n1. The highest BCUT2D eigenvalue weighted by Crippen LogP contribution is 2.28. The molecule has 6 heteroatoms. The van der Waals surface area contributed by atoms with E-state index < -0.39 is 9.84 Å². The highest BCUT2D eigenvalue weighted by molar-refractivity contribution is 7.90. The second-order valence-electron chi connectivity index (χ2n) is 5.60. The molecule has 1 aliphatic rings. The van der Waals surface area contributed by atoms with Crippen LogP contribution in [0.25, 0.3) is 0 Å². The Kier molecular flexibility index (Phi) is 4.62. The molecule has 2 rings (SSSR count). The average Bonchev–Trinajstić information content (AvgIpc) is 2.95. The number of rotatable bonds is 6. The molecule has 0 radical (unpaired) electrons. The third kappa shape index (κ3) is 4.62. The van der Waals surface area contributed by atoms with E-state index in [-0.39, 0.29) is 11.8 Å². The van der Waals surface area contributed by atoms with Crippen LogP contribution in [0.4, 0.5) is 0 Å². The Balaban J connectivity index is 1.83. The van der Waals surface area contributed by atoms with Crippen molar-refractivity contribution in [1.82, 2.24) is 15.1 Å². The molecule has 1 atom stereocenters. The van der Waals surface area contributed by atoms with E-state index in [1.807, 2.05) is 19.2 Å². The molecule has 1 aliphatic carbocycles. The molecule has 0 aromatic carbocycles. The Bertz CT molecular complexity index is 504. The lowest BCUT2D eigenvalue weighted by Gasteiger charge is -2.12. The van der Waals surface area contributed by atoms with Crippen LogP contribution in [0.5, 0.6) is 0 Å². The first-order valence-corrected chi connectivity index (χ1v) is 8.95. The van der Waals surface area contributed by atoms with Crippen molar-refractivity contribution in [2.75, 3.05) is 12.0 Å². The summed E-state index contributed by atoms with van der Waals surface area (Å²) < 4.78 is 24.4. The lowest BCUT2D eigenvalue weighted by molar-refractivity contribution is 0.459. The van der Waals surface area contributed by atoms with Crippen LogP contribution in [0.1, 0.15) is 44.3 Å². The van der Waals surface area contributed by atoms with E-state index in [9.17, 15) is 8.42 Å². The Morgan fingerprint density at radius 2 is 2.16 bits per heavy atom. The van der Waals surface area contributed by atoms with E-state index in [4.69, 9.17) is 0 Å². The highest BCUT2D eigenvalue weighted by atomic mass is 32.2. The third-order valence-electron chi connectivity index (χ3n) is 3.55. The van der Waals surface area contributed by atoms with Crippen molar-refractivity contribution in [3.05, 3.63) is 18.0 Å². The van der Waals surface area contributed by atoms with Gasteiger partial charge in [-0.15, -0.1) is 0 Å². The fraction of sp³-hybridized carbons (Fsp3) is 0.769. The van der Waals surface area contributed by atoms with Crippen LogP contribution in [0.15, 0.2) is 12.3 Å². The van der Waals surface area contributed by atoms with E-state index >= 15 is 0 Å². The fourth-order valence-corrected chi connectivity index (χ4v) is 3.66. The van der Waals surface area contributed by atoms with E-state index in [0.29, 0.717) is 12.6 Å².